The van der Waals surface area contributed by atoms with Crippen LogP contribution in [0.15, 0.2) is 22.7 Å². The van der Waals surface area contributed by atoms with Gasteiger partial charge in [0.1, 0.15) is 6.61 Å². The molecular formula is C11H12BrF3N2O2. The van der Waals surface area contributed by atoms with Gasteiger partial charge in [-0.3, -0.25) is 4.79 Å². The van der Waals surface area contributed by atoms with E-state index in [-0.39, 0.29) is 29.9 Å². The maximum Gasteiger partial charge on any atom is 0.417 e. The molecule has 0 aliphatic carbocycles. The maximum absolute atomic E-state index is 12.6. The van der Waals surface area contributed by atoms with Crippen LogP contribution in [0.3, 0.4) is 0 Å². The highest BCUT2D eigenvalue weighted by atomic mass is 79.9. The van der Waals surface area contributed by atoms with Crippen LogP contribution < -0.4 is 11.1 Å². The van der Waals surface area contributed by atoms with Gasteiger partial charge in [0.15, 0.2) is 0 Å². The summed E-state index contributed by atoms with van der Waals surface area (Å²) in [5, 5.41) is 2.31. The monoisotopic (exact) mass is 340 g/mol. The molecule has 0 saturated heterocycles. The summed E-state index contributed by atoms with van der Waals surface area (Å²) >= 11 is 2.81. The molecule has 0 radical (unpaired) electrons. The molecule has 0 aliphatic heterocycles. The van der Waals surface area contributed by atoms with Gasteiger partial charge in [-0.15, -0.1) is 0 Å². The number of hydrogen-bond donors (Lipinski definition) is 2. The van der Waals surface area contributed by atoms with Crippen LogP contribution in [-0.4, -0.2) is 25.7 Å². The van der Waals surface area contributed by atoms with Gasteiger partial charge in [-0.05, 0) is 18.2 Å². The standard InChI is InChI=1S/C11H12BrF3N2O2/c12-9-2-1-7(5-8(9)11(13,14)15)17-10(18)6-19-4-3-16/h1-2,5H,3-4,6,16H2,(H,17,18). The van der Waals surface area contributed by atoms with Gasteiger partial charge in [0.2, 0.25) is 5.91 Å². The van der Waals surface area contributed by atoms with E-state index in [0.29, 0.717) is 0 Å². The van der Waals surface area contributed by atoms with E-state index in [2.05, 4.69) is 21.2 Å². The van der Waals surface area contributed by atoms with E-state index < -0.39 is 17.6 Å². The minimum atomic E-state index is -4.49. The molecule has 3 N–H and O–H groups in total. The number of hydrogen-bond acceptors (Lipinski definition) is 3. The smallest absolute Gasteiger partial charge is 0.370 e. The molecule has 0 bridgehead atoms. The van der Waals surface area contributed by atoms with Crippen molar-refractivity contribution < 1.29 is 22.7 Å². The summed E-state index contributed by atoms with van der Waals surface area (Å²) in [7, 11) is 0. The zero-order chi connectivity index (χ0) is 14.5. The van der Waals surface area contributed by atoms with E-state index in [0.717, 1.165) is 6.07 Å². The third kappa shape index (κ3) is 5.17. The lowest BCUT2D eigenvalue weighted by atomic mass is 10.2. The summed E-state index contributed by atoms with van der Waals surface area (Å²) in [5.74, 6) is -0.538. The normalized spacial score (nSPS) is 11.4. The van der Waals surface area contributed by atoms with Crippen LogP contribution in [0.25, 0.3) is 0 Å². The quantitative estimate of drug-likeness (QED) is 0.809. The van der Waals surface area contributed by atoms with Crippen molar-refractivity contribution in [3.63, 3.8) is 0 Å². The molecule has 8 heteroatoms. The second-order valence-corrected chi connectivity index (χ2v) is 4.44. The average Bonchev–Trinajstić information content (AvgIpc) is 2.30. The van der Waals surface area contributed by atoms with E-state index in [4.69, 9.17) is 10.5 Å². The maximum atomic E-state index is 12.6. The lowest BCUT2D eigenvalue weighted by Gasteiger charge is -2.12. The topological polar surface area (TPSA) is 64.3 Å². The van der Waals surface area contributed by atoms with Crippen molar-refractivity contribution in [1.82, 2.24) is 0 Å². The molecule has 0 heterocycles. The molecule has 1 aromatic carbocycles. The summed E-state index contributed by atoms with van der Waals surface area (Å²) in [5.41, 5.74) is 4.36. The van der Waals surface area contributed by atoms with E-state index >= 15 is 0 Å². The molecule has 19 heavy (non-hydrogen) atoms. The molecule has 0 aliphatic rings. The minimum absolute atomic E-state index is 0.0527. The van der Waals surface area contributed by atoms with Crippen LogP contribution in [0, 0.1) is 0 Å². The van der Waals surface area contributed by atoms with Crippen LogP contribution in [0.2, 0.25) is 0 Å². The van der Waals surface area contributed by atoms with Gasteiger partial charge < -0.3 is 15.8 Å². The molecule has 106 valence electrons. The number of benzene rings is 1. The molecule has 1 rings (SSSR count). The van der Waals surface area contributed by atoms with Crippen LogP contribution in [0.4, 0.5) is 18.9 Å². The first-order valence-corrected chi connectivity index (χ1v) is 6.08. The van der Waals surface area contributed by atoms with Crippen LogP contribution in [-0.2, 0) is 15.7 Å². The number of amides is 1. The Labute approximate surface area is 116 Å². The Bertz CT molecular complexity index is 452. The Morgan fingerprint density at radius 3 is 2.68 bits per heavy atom. The van der Waals surface area contributed by atoms with Gasteiger partial charge in [0, 0.05) is 16.7 Å². The van der Waals surface area contributed by atoms with Gasteiger partial charge in [-0.2, -0.15) is 13.2 Å². The second kappa shape index (κ2) is 6.88. The van der Waals surface area contributed by atoms with Crippen molar-refractivity contribution >= 4 is 27.5 Å². The van der Waals surface area contributed by atoms with Gasteiger partial charge in [-0.25, -0.2) is 0 Å². The molecule has 1 aromatic rings. The zero-order valence-corrected chi connectivity index (χ0v) is 11.3. The van der Waals surface area contributed by atoms with Crippen molar-refractivity contribution in [1.29, 1.82) is 0 Å². The molecule has 0 spiro atoms. The van der Waals surface area contributed by atoms with Gasteiger partial charge in [0.25, 0.3) is 0 Å². The summed E-state index contributed by atoms with van der Waals surface area (Å²) in [6.45, 7) is 0.222. The number of rotatable bonds is 5. The van der Waals surface area contributed by atoms with Gasteiger partial charge in [0.05, 0.1) is 12.2 Å². The molecule has 1 amide bonds. The Kier molecular flexibility index (Phi) is 5.77. The molecule has 0 saturated carbocycles. The largest absolute Gasteiger partial charge is 0.417 e. The van der Waals surface area contributed by atoms with Crippen molar-refractivity contribution in [3.05, 3.63) is 28.2 Å². The van der Waals surface area contributed by atoms with E-state index in [1.165, 1.54) is 12.1 Å². The van der Waals surface area contributed by atoms with Crippen LogP contribution >= 0.6 is 15.9 Å². The summed E-state index contributed by atoms with van der Waals surface area (Å²) < 4.78 is 42.7. The minimum Gasteiger partial charge on any atom is -0.370 e. The highest BCUT2D eigenvalue weighted by molar-refractivity contribution is 9.10. The van der Waals surface area contributed by atoms with Gasteiger partial charge in [-0.1, -0.05) is 15.9 Å². The first-order valence-electron chi connectivity index (χ1n) is 5.29. The lowest BCUT2D eigenvalue weighted by Crippen LogP contribution is -2.21. The summed E-state index contributed by atoms with van der Waals surface area (Å²) in [6.07, 6.45) is -4.49. The summed E-state index contributed by atoms with van der Waals surface area (Å²) in [6, 6.07) is 3.43. The number of anilines is 1. The second-order valence-electron chi connectivity index (χ2n) is 3.58. The average molecular weight is 341 g/mol. The third-order valence-corrected chi connectivity index (χ3v) is 2.74. The fraction of sp³-hybridized carbons (Fsp3) is 0.364. The van der Waals surface area contributed by atoms with Crippen molar-refractivity contribution in [2.45, 2.75) is 6.18 Å². The number of nitrogens with one attached hydrogen (secondary N) is 1. The van der Waals surface area contributed by atoms with E-state index in [1.54, 1.807) is 0 Å². The highest BCUT2D eigenvalue weighted by Crippen LogP contribution is 2.36. The number of alkyl halides is 3. The fourth-order valence-corrected chi connectivity index (χ4v) is 1.74. The van der Waals surface area contributed by atoms with Gasteiger partial charge >= 0.3 is 6.18 Å². The first kappa shape index (κ1) is 15.9. The number of ether oxygens (including phenoxy) is 1. The molecule has 0 unspecified atom stereocenters. The highest BCUT2D eigenvalue weighted by Gasteiger charge is 2.33. The Morgan fingerprint density at radius 2 is 2.11 bits per heavy atom. The summed E-state index contributed by atoms with van der Waals surface area (Å²) in [4.78, 5) is 11.4. The third-order valence-electron chi connectivity index (χ3n) is 2.05. The number of nitrogens with two attached hydrogens (primary N) is 1. The number of carbonyl (C=O) groups excluding carboxylic acids is 1. The number of carbonyl (C=O) groups is 1. The number of halogens is 4. The molecular weight excluding hydrogens is 329 g/mol. The zero-order valence-electron chi connectivity index (χ0n) is 9.76. The first-order chi connectivity index (χ1) is 8.84. The predicted molar refractivity (Wildman–Crippen MR) is 67.6 cm³/mol. The molecule has 0 fully saturated rings. The van der Waals surface area contributed by atoms with E-state index in [1.807, 2.05) is 0 Å². The van der Waals surface area contributed by atoms with Crippen molar-refractivity contribution in [2.75, 3.05) is 25.1 Å². The lowest BCUT2D eigenvalue weighted by molar-refractivity contribution is -0.138. The molecule has 0 aromatic heterocycles. The van der Waals surface area contributed by atoms with E-state index in [9.17, 15) is 18.0 Å². The van der Waals surface area contributed by atoms with Crippen LogP contribution in [0.5, 0.6) is 0 Å². The predicted octanol–water partition coefficient (Wildman–Crippen LogP) is 2.38. The van der Waals surface area contributed by atoms with Crippen molar-refractivity contribution in [2.24, 2.45) is 5.73 Å². The van der Waals surface area contributed by atoms with Crippen molar-refractivity contribution in [3.8, 4) is 0 Å². The molecule has 0 atom stereocenters. The Balaban J connectivity index is 2.72. The molecule has 4 nitrogen and oxygen atoms in total. The Hall–Kier alpha value is -1.12. The SMILES string of the molecule is NCCOCC(=O)Nc1ccc(Br)c(C(F)(F)F)c1. The fourth-order valence-electron chi connectivity index (χ4n) is 1.27. The Morgan fingerprint density at radius 1 is 1.42 bits per heavy atom. The van der Waals surface area contributed by atoms with Crippen LogP contribution in [0.1, 0.15) is 5.56 Å².